The molecule has 0 aliphatic heterocycles. The number of aryl methyl sites for hydroxylation is 1. The van der Waals surface area contributed by atoms with Crippen LogP contribution in [0.25, 0.3) is 0 Å². The zero-order valence-corrected chi connectivity index (χ0v) is 8.15. The van der Waals surface area contributed by atoms with E-state index in [1.165, 1.54) is 13.0 Å². The Balaban J connectivity index is 2.91. The number of hydrogen-bond donors (Lipinski definition) is 2. The van der Waals surface area contributed by atoms with Crippen molar-refractivity contribution in [3.63, 3.8) is 0 Å². The second-order valence-corrected chi connectivity index (χ2v) is 3.13. The summed E-state index contributed by atoms with van der Waals surface area (Å²) in [4.78, 5) is 11.2. The van der Waals surface area contributed by atoms with Crippen molar-refractivity contribution < 1.29 is 14.6 Å². The first-order chi connectivity index (χ1) is 6.52. The molecule has 0 aliphatic carbocycles. The Bertz CT molecular complexity index is 327. The van der Waals surface area contributed by atoms with Crippen LogP contribution in [-0.4, -0.2) is 17.1 Å². The van der Waals surface area contributed by atoms with Crippen LogP contribution in [0.2, 0.25) is 0 Å². The highest BCUT2D eigenvalue weighted by Crippen LogP contribution is 2.29. The molecule has 3 N–H and O–H groups in total. The summed E-state index contributed by atoms with van der Waals surface area (Å²) < 4.78 is 4.92. The van der Waals surface area contributed by atoms with Gasteiger partial charge < -0.3 is 15.6 Å². The van der Waals surface area contributed by atoms with Crippen LogP contribution in [0.5, 0.6) is 11.5 Å². The normalized spacial score (nSPS) is 12.2. The third kappa shape index (κ3) is 2.23. The smallest absolute Gasteiger partial charge is 0.328 e. The van der Waals surface area contributed by atoms with Gasteiger partial charge in [0.1, 0.15) is 6.04 Å². The first-order valence-electron chi connectivity index (χ1n) is 4.28. The van der Waals surface area contributed by atoms with Crippen molar-refractivity contribution in [3.8, 4) is 11.5 Å². The van der Waals surface area contributed by atoms with E-state index in [0.717, 1.165) is 0 Å². The molecule has 0 unspecified atom stereocenters. The molecule has 0 spiro atoms. The largest absolute Gasteiger partial charge is 0.504 e. The van der Waals surface area contributed by atoms with Crippen molar-refractivity contribution in [1.29, 1.82) is 0 Å². The number of carbonyl (C=O) groups excluding carboxylic acids is 1. The fourth-order valence-corrected chi connectivity index (χ4v) is 0.963. The maximum absolute atomic E-state index is 11.2. The molecule has 0 heterocycles. The van der Waals surface area contributed by atoms with Crippen LogP contribution in [0.3, 0.4) is 0 Å². The molecule has 0 fully saturated rings. The minimum absolute atomic E-state index is 0.0565. The van der Waals surface area contributed by atoms with Crippen LogP contribution in [0.4, 0.5) is 0 Å². The molecule has 0 saturated heterocycles. The monoisotopic (exact) mass is 195 g/mol. The first-order valence-corrected chi connectivity index (χ1v) is 4.28. The van der Waals surface area contributed by atoms with E-state index in [-0.39, 0.29) is 11.5 Å². The standard InChI is InChI=1S/C10H13NO3/c1-6-4-3-5-8(12)9(6)14-10(13)7(2)11/h3-5,7,12H,11H2,1-2H3/t7-/m0/s1. The summed E-state index contributed by atoms with van der Waals surface area (Å²) in [7, 11) is 0. The first kappa shape index (κ1) is 10.5. The molecule has 0 saturated carbocycles. The molecule has 4 nitrogen and oxygen atoms in total. The number of rotatable bonds is 2. The lowest BCUT2D eigenvalue weighted by Crippen LogP contribution is -2.31. The third-order valence-electron chi connectivity index (χ3n) is 1.77. The second-order valence-electron chi connectivity index (χ2n) is 3.13. The van der Waals surface area contributed by atoms with Gasteiger partial charge >= 0.3 is 5.97 Å². The summed E-state index contributed by atoms with van der Waals surface area (Å²) in [6.07, 6.45) is 0. The van der Waals surface area contributed by atoms with Crippen LogP contribution in [-0.2, 0) is 4.79 Å². The van der Waals surface area contributed by atoms with Crippen LogP contribution in [0.15, 0.2) is 18.2 Å². The molecule has 1 atom stereocenters. The molecule has 0 radical (unpaired) electrons. The minimum Gasteiger partial charge on any atom is -0.504 e. The highest BCUT2D eigenvalue weighted by atomic mass is 16.5. The molecule has 0 aromatic heterocycles. The Morgan fingerprint density at radius 2 is 2.21 bits per heavy atom. The summed E-state index contributed by atoms with van der Waals surface area (Å²) >= 11 is 0. The van der Waals surface area contributed by atoms with Gasteiger partial charge in [0.15, 0.2) is 11.5 Å². The Morgan fingerprint density at radius 3 is 2.71 bits per heavy atom. The van der Waals surface area contributed by atoms with Gasteiger partial charge in [-0.25, -0.2) is 4.79 Å². The van der Waals surface area contributed by atoms with Crippen molar-refractivity contribution in [1.82, 2.24) is 0 Å². The fraction of sp³-hybridized carbons (Fsp3) is 0.300. The van der Waals surface area contributed by atoms with E-state index >= 15 is 0 Å². The van der Waals surface area contributed by atoms with E-state index in [2.05, 4.69) is 0 Å². The average molecular weight is 195 g/mol. The summed E-state index contributed by atoms with van der Waals surface area (Å²) in [5.74, 6) is -0.441. The van der Waals surface area contributed by atoms with E-state index in [1.54, 1.807) is 19.1 Å². The predicted octanol–water partition coefficient (Wildman–Crippen LogP) is 0.953. The van der Waals surface area contributed by atoms with Gasteiger partial charge in [0.25, 0.3) is 0 Å². The lowest BCUT2D eigenvalue weighted by atomic mass is 10.2. The zero-order valence-electron chi connectivity index (χ0n) is 8.15. The van der Waals surface area contributed by atoms with E-state index in [0.29, 0.717) is 5.56 Å². The van der Waals surface area contributed by atoms with Crippen molar-refractivity contribution in [3.05, 3.63) is 23.8 Å². The van der Waals surface area contributed by atoms with Gasteiger partial charge in [0.05, 0.1) is 0 Å². The molecule has 76 valence electrons. The number of phenols is 1. The predicted molar refractivity (Wildman–Crippen MR) is 52.1 cm³/mol. The number of para-hydroxylation sites is 1. The SMILES string of the molecule is Cc1cccc(O)c1OC(=O)[C@H](C)N. The Morgan fingerprint density at radius 1 is 1.57 bits per heavy atom. The van der Waals surface area contributed by atoms with Gasteiger partial charge in [-0.3, -0.25) is 0 Å². The van der Waals surface area contributed by atoms with E-state index in [9.17, 15) is 9.90 Å². The van der Waals surface area contributed by atoms with Crippen LogP contribution in [0.1, 0.15) is 12.5 Å². The maximum atomic E-state index is 11.2. The van der Waals surface area contributed by atoms with Crippen molar-refractivity contribution >= 4 is 5.97 Å². The lowest BCUT2D eigenvalue weighted by molar-refractivity contribution is -0.135. The molecule has 0 aliphatic rings. The second kappa shape index (κ2) is 4.11. The van der Waals surface area contributed by atoms with Gasteiger partial charge in [-0.05, 0) is 25.5 Å². The van der Waals surface area contributed by atoms with Crippen molar-refractivity contribution in [2.75, 3.05) is 0 Å². The highest BCUT2D eigenvalue weighted by Gasteiger charge is 2.14. The lowest BCUT2D eigenvalue weighted by Gasteiger charge is -2.10. The molecule has 1 aromatic rings. The van der Waals surface area contributed by atoms with Crippen LogP contribution < -0.4 is 10.5 Å². The molecule has 1 rings (SSSR count). The Hall–Kier alpha value is -1.55. The average Bonchev–Trinajstić information content (AvgIpc) is 2.11. The van der Waals surface area contributed by atoms with Gasteiger partial charge in [-0.15, -0.1) is 0 Å². The van der Waals surface area contributed by atoms with Crippen LogP contribution >= 0.6 is 0 Å². The molecule has 14 heavy (non-hydrogen) atoms. The van der Waals surface area contributed by atoms with Gasteiger partial charge in [0.2, 0.25) is 0 Å². The number of carbonyl (C=O) groups is 1. The zero-order chi connectivity index (χ0) is 10.7. The van der Waals surface area contributed by atoms with Crippen molar-refractivity contribution in [2.24, 2.45) is 5.73 Å². The maximum Gasteiger partial charge on any atom is 0.328 e. The number of nitrogens with two attached hydrogens (primary N) is 1. The molecular formula is C10H13NO3. The number of phenolic OH excluding ortho intramolecular Hbond substituents is 1. The van der Waals surface area contributed by atoms with E-state index < -0.39 is 12.0 Å². The number of ether oxygens (including phenoxy) is 1. The number of hydrogen-bond acceptors (Lipinski definition) is 4. The number of benzene rings is 1. The molecule has 1 aromatic carbocycles. The number of esters is 1. The molecular weight excluding hydrogens is 182 g/mol. The fourth-order valence-electron chi connectivity index (χ4n) is 0.963. The molecule has 0 amide bonds. The Kier molecular flexibility index (Phi) is 3.09. The molecule has 4 heteroatoms. The topological polar surface area (TPSA) is 72.5 Å². The minimum atomic E-state index is -0.700. The Labute approximate surface area is 82.3 Å². The third-order valence-corrected chi connectivity index (χ3v) is 1.77. The number of aromatic hydroxyl groups is 1. The van der Waals surface area contributed by atoms with E-state index in [1.807, 2.05) is 0 Å². The van der Waals surface area contributed by atoms with E-state index in [4.69, 9.17) is 10.5 Å². The summed E-state index contributed by atoms with van der Waals surface area (Å²) in [6.45, 7) is 3.27. The molecule has 0 bridgehead atoms. The van der Waals surface area contributed by atoms with Crippen molar-refractivity contribution in [2.45, 2.75) is 19.9 Å². The van der Waals surface area contributed by atoms with Gasteiger partial charge in [-0.2, -0.15) is 0 Å². The van der Waals surface area contributed by atoms with Gasteiger partial charge in [0, 0.05) is 0 Å². The summed E-state index contributed by atoms with van der Waals surface area (Å²) in [5, 5.41) is 9.40. The van der Waals surface area contributed by atoms with Gasteiger partial charge in [-0.1, -0.05) is 12.1 Å². The highest BCUT2D eigenvalue weighted by molar-refractivity contribution is 5.78. The summed E-state index contributed by atoms with van der Waals surface area (Å²) in [6, 6.07) is 4.17. The van der Waals surface area contributed by atoms with Crippen LogP contribution in [0, 0.1) is 6.92 Å². The quantitative estimate of drug-likeness (QED) is 0.544. The summed E-state index contributed by atoms with van der Waals surface area (Å²) in [5.41, 5.74) is 6.02.